The Labute approximate surface area is 204 Å². The summed E-state index contributed by atoms with van der Waals surface area (Å²) in [5.41, 5.74) is -0.300. The van der Waals surface area contributed by atoms with Gasteiger partial charge in [0.15, 0.2) is 0 Å². The van der Waals surface area contributed by atoms with Crippen LogP contribution in [0.5, 0.6) is 0 Å². The molecule has 36 heavy (non-hydrogen) atoms. The number of aromatic nitrogens is 2. The van der Waals surface area contributed by atoms with Crippen molar-refractivity contribution >= 4 is 17.7 Å². The number of hydrogen-bond acceptors (Lipinski definition) is 5. The van der Waals surface area contributed by atoms with E-state index in [-0.39, 0.29) is 23.6 Å². The molecule has 0 radical (unpaired) electrons. The van der Waals surface area contributed by atoms with Crippen molar-refractivity contribution in [2.24, 2.45) is 11.8 Å². The SMILES string of the molecule is C[C@H]1C[C@H](c2ccncc2NC(=O)c2ccc(F)c(-c3c(F)cccc3F)n2)CCC1N(N)C(=O)O. The highest BCUT2D eigenvalue weighted by Crippen LogP contribution is 2.40. The maximum absolute atomic E-state index is 14.4. The number of carboxylic acid groups (broad SMARTS) is 1. The van der Waals surface area contributed by atoms with E-state index >= 15 is 0 Å². The number of pyridine rings is 2. The van der Waals surface area contributed by atoms with Crippen molar-refractivity contribution in [1.82, 2.24) is 15.0 Å². The third kappa shape index (κ3) is 5.01. The van der Waals surface area contributed by atoms with Crippen molar-refractivity contribution in [2.75, 3.05) is 5.32 Å². The second-order valence-electron chi connectivity index (χ2n) is 8.79. The zero-order chi connectivity index (χ0) is 26.0. The van der Waals surface area contributed by atoms with Gasteiger partial charge >= 0.3 is 6.09 Å². The highest BCUT2D eigenvalue weighted by Gasteiger charge is 2.34. The molecule has 0 spiro atoms. The van der Waals surface area contributed by atoms with Crippen LogP contribution in [0.3, 0.4) is 0 Å². The van der Waals surface area contributed by atoms with Gasteiger partial charge in [0.2, 0.25) is 0 Å². The summed E-state index contributed by atoms with van der Waals surface area (Å²) in [6, 6.07) is 6.60. The van der Waals surface area contributed by atoms with E-state index in [2.05, 4.69) is 15.3 Å². The van der Waals surface area contributed by atoms with Crippen LogP contribution in [0.2, 0.25) is 0 Å². The minimum atomic E-state index is -1.19. The van der Waals surface area contributed by atoms with Gasteiger partial charge in [0.05, 0.1) is 23.5 Å². The molecule has 3 atom stereocenters. The molecule has 0 bridgehead atoms. The van der Waals surface area contributed by atoms with E-state index in [1.165, 1.54) is 6.20 Å². The Morgan fingerprint density at radius 1 is 1.08 bits per heavy atom. The molecule has 1 aliphatic rings. The molecule has 4 N–H and O–H groups in total. The molecule has 0 saturated heterocycles. The van der Waals surface area contributed by atoms with Gasteiger partial charge in [0, 0.05) is 6.20 Å². The molecule has 2 aromatic heterocycles. The largest absolute Gasteiger partial charge is 0.464 e. The molecule has 1 aromatic carbocycles. The van der Waals surface area contributed by atoms with Crippen molar-refractivity contribution in [3.63, 3.8) is 0 Å². The molecule has 4 rings (SSSR count). The number of hydrazine groups is 1. The van der Waals surface area contributed by atoms with E-state index in [1.54, 1.807) is 12.3 Å². The number of nitrogens with zero attached hydrogens (tertiary/aromatic N) is 3. The molecule has 1 saturated carbocycles. The van der Waals surface area contributed by atoms with Crippen molar-refractivity contribution < 1.29 is 27.9 Å². The molecular weight excluding hydrogens is 475 g/mol. The van der Waals surface area contributed by atoms with E-state index < -0.39 is 40.7 Å². The molecule has 11 heteroatoms. The standard InChI is InChI=1S/C25H24F3N5O3/c1-13-11-14(5-8-21(13)33(29)25(35)36)15-9-10-30-12-20(15)32-24(34)19-7-6-18(28)23(31-19)22-16(26)3-2-4-17(22)27/h2-4,6-7,9-10,12-14,21H,5,8,11,29H2,1H3,(H,32,34)(H,35,36)/t13-,14+,21?/m0/s1. The molecule has 1 fully saturated rings. The molecule has 1 unspecified atom stereocenters. The predicted molar refractivity (Wildman–Crippen MR) is 125 cm³/mol. The third-order valence-electron chi connectivity index (χ3n) is 6.52. The quantitative estimate of drug-likeness (QED) is 0.260. The summed E-state index contributed by atoms with van der Waals surface area (Å²) in [6.07, 6.45) is 3.67. The van der Waals surface area contributed by atoms with Gasteiger partial charge in [0.25, 0.3) is 5.91 Å². The number of anilines is 1. The van der Waals surface area contributed by atoms with E-state index in [4.69, 9.17) is 5.84 Å². The minimum Gasteiger partial charge on any atom is -0.464 e. The fourth-order valence-electron chi connectivity index (χ4n) is 4.74. The number of carbonyl (C=O) groups excluding carboxylic acids is 1. The predicted octanol–water partition coefficient (Wildman–Crippen LogP) is 4.94. The summed E-state index contributed by atoms with van der Waals surface area (Å²) in [4.78, 5) is 32.2. The van der Waals surface area contributed by atoms with Crippen LogP contribution >= 0.6 is 0 Å². The van der Waals surface area contributed by atoms with Crippen LogP contribution < -0.4 is 11.2 Å². The smallest absolute Gasteiger partial charge is 0.421 e. The Hall–Kier alpha value is -3.99. The van der Waals surface area contributed by atoms with E-state index in [0.717, 1.165) is 40.9 Å². The topological polar surface area (TPSA) is 121 Å². The number of hydrogen-bond donors (Lipinski definition) is 3. The van der Waals surface area contributed by atoms with E-state index in [9.17, 15) is 27.9 Å². The summed E-state index contributed by atoms with van der Waals surface area (Å²) >= 11 is 0. The first-order valence-corrected chi connectivity index (χ1v) is 11.3. The van der Waals surface area contributed by atoms with E-state index in [1.807, 2.05) is 6.92 Å². The van der Waals surface area contributed by atoms with Crippen molar-refractivity contribution in [3.05, 3.63) is 77.5 Å². The minimum absolute atomic E-state index is 0.000920. The highest BCUT2D eigenvalue weighted by atomic mass is 19.1. The fraction of sp³-hybridized carbons (Fsp3) is 0.280. The Morgan fingerprint density at radius 2 is 1.81 bits per heavy atom. The molecule has 1 aliphatic carbocycles. The Bertz CT molecular complexity index is 1290. The molecular formula is C25H24F3N5O3. The lowest BCUT2D eigenvalue weighted by atomic mass is 9.75. The second-order valence-corrected chi connectivity index (χ2v) is 8.79. The number of amides is 2. The van der Waals surface area contributed by atoms with Crippen LogP contribution in [0, 0.1) is 23.4 Å². The van der Waals surface area contributed by atoms with Gasteiger partial charge in [-0.05, 0) is 67.0 Å². The molecule has 0 aliphatic heterocycles. The fourth-order valence-corrected chi connectivity index (χ4v) is 4.74. The summed E-state index contributed by atoms with van der Waals surface area (Å²) in [5.74, 6) is 1.98. The maximum atomic E-state index is 14.4. The summed E-state index contributed by atoms with van der Waals surface area (Å²) in [6.45, 7) is 1.92. The summed E-state index contributed by atoms with van der Waals surface area (Å²) in [5, 5.41) is 12.8. The number of halogens is 3. The average molecular weight is 499 g/mol. The Kier molecular flexibility index (Phi) is 7.20. The lowest BCUT2D eigenvalue weighted by molar-refractivity contribution is 0.0859. The lowest BCUT2D eigenvalue weighted by Crippen LogP contribution is -2.49. The van der Waals surface area contributed by atoms with Crippen molar-refractivity contribution in [3.8, 4) is 11.3 Å². The van der Waals surface area contributed by atoms with Gasteiger partial charge in [-0.1, -0.05) is 13.0 Å². The van der Waals surface area contributed by atoms with Crippen LogP contribution in [0.1, 0.15) is 48.2 Å². The van der Waals surface area contributed by atoms with Crippen molar-refractivity contribution in [1.29, 1.82) is 0 Å². The third-order valence-corrected chi connectivity index (χ3v) is 6.52. The zero-order valence-corrected chi connectivity index (χ0v) is 19.3. The number of benzene rings is 1. The van der Waals surface area contributed by atoms with Gasteiger partial charge in [-0.2, -0.15) is 0 Å². The number of nitrogens with two attached hydrogens (primary N) is 1. The van der Waals surface area contributed by atoms with Crippen LogP contribution in [0.4, 0.5) is 23.7 Å². The summed E-state index contributed by atoms with van der Waals surface area (Å²) < 4.78 is 42.8. The van der Waals surface area contributed by atoms with Crippen LogP contribution in [-0.4, -0.2) is 38.1 Å². The van der Waals surface area contributed by atoms with Crippen LogP contribution in [0.15, 0.2) is 48.8 Å². The molecule has 2 amide bonds. The maximum Gasteiger partial charge on any atom is 0.421 e. The van der Waals surface area contributed by atoms with Gasteiger partial charge < -0.3 is 10.4 Å². The zero-order valence-electron chi connectivity index (χ0n) is 19.3. The first kappa shape index (κ1) is 25.1. The van der Waals surface area contributed by atoms with Gasteiger partial charge in [-0.3, -0.25) is 9.78 Å². The van der Waals surface area contributed by atoms with E-state index in [0.29, 0.717) is 24.9 Å². The summed E-state index contributed by atoms with van der Waals surface area (Å²) in [7, 11) is 0. The van der Waals surface area contributed by atoms with Crippen LogP contribution in [-0.2, 0) is 0 Å². The lowest BCUT2D eigenvalue weighted by Gasteiger charge is -2.38. The normalized spacial score (nSPS) is 19.5. The molecule has 8 nitrogen and oxygen atoms in total. The monoisotopic (exact) mass is 499 g/mol. The molecule has 2 heterocycles. The van der Waals surface area contributed by atoms with Crippen LogP contribution in [0.25, 0.3) is 11.3 Å². The highest BCUT2D eigenvalue weighted by molar-refractivity contribution is 6.03. The van der Waals surface area contributed by atoms with Gasteiger partial charge in [-0.15, -0.1) is 0 Å². The first-order chi connectivity index (χ1) is 17.2. The Balaban J connectivity index is 1.57. The average Bonchev–Trinajstić information content (AvgIpc) is 2.84. The molecule has 3 aromatic rings. The number of rotatable bonds is 5. The first-order valence-electron chi connectivity index (χ1n) is 11.3. The Morgan fingerprint density at radius 3 is 2.47 bits per heavy atom. The number of nitrogens with one attached hydrogen (secondary N) is 1. The van der Waals surface area contributed by atoms with Gasteiger partial charge in [0.1, 0.15) is 28.8 Å². The van der Waals surface area contributed by atoms with Gasteiger partial charge in [-0.25, -0.2) is 33.8 Å². The molecule has 188 valence electrons. The van der Waals surface area contributed by atoms with Crippen molar-refractivity contribution in [2.45, 2.75) is 38.1 Å². The number of carbonyl (C=O) groups is 2. The second kappa shape index (κ2) is 10.3.